The molecule has 4 nitrogen and oxygen atoms in total. The molecule has 12 aromatic rings. The first-order valence-corrected chi connectivity index (χ1v) is 27.4. The van der Waals surface area contributed by atoms with Crippen molar-refractivity contribution in [3.63, 3.8) is 0 Å². The zero-order valence-electron chi connectivity index (χ0n) is 47.2. The highest BCUT2D eigenvalue weighted by Crippen LogP contribution is 2.51. The van der Waals surface area contributed by atoms with Gasteiger partial charge in [-0.15, -0.1) is 0 Å². The normalized spacial score (nSPS) is 13.2. The van der Waals surface area contributed by atoms with Crippen molar-refractivity contribution in [2.45, 2.75) is 49.4 Å². The van der Waals surface area contributed by atoms with Gasteiger partial charge in [0.05, 0.1) is 102 Å². The van der Waals surface area contributed by atoms with Crippen molar-refractivity contribution in [2.75, 3.05) is 0 Å². The molecule has 0 fully saturated rings. The zero-order chi connectivity index (χ0) is 69.5. The van der Waals surface area contributed by atoms with Gasteiger partial charge in [0.25, 0.3) is 0 Å². The largest absolute Gasteiger partial charge is 0.417 e. The Morgan fingerprint density at radius 1 is 0.281 bits per heavy atom. The van der Waals surface area contributed by atoms with Gasteiger partial charge in [0.15, 0.2) is 0 Å². The summed E-state index contributed by atoms with van der Waals surface area (Å²) in [6.07, 6.45) is -41.2. The summed E-state index contributed by atoms with van der Waals surface area (Å²) in [6.45, 7) is 0. The fraction of sp³-hybridized carbons (Fsp3) is 0.118. The summed E-state index contributed by atoms with van der Waals surface area (Å²) in [5.74, 6) is 0. The minimum absolute atomic E-state index is 0.00784. The standard InChI is InChI=1S/C68H30F24N4/c69-61(70,71)38-8-16-42(50(25-38)65(81,82)83)33-4-12-46-47-13-5-34(43-17-9-39(62(72,73)74)26-51(43)66(84,85)86)22-55(47)95(54(46)21-33)58-30-94-31-59(60(58)37-3-1-2-32(20-37)29-93)96-56-23-35(44-18-10-40(63(75,76)77)27-52(44)67(87,88)89)6-14-48(56)49-15-7-36(24-57(49)96)45-19-11-41(64(78,79)80)28-53(45)68(90,91)92/h1-28,30-31H. The molecule has 490 valence electrons. The highest BCUT2D eigenvalue weighted by Gasteiger charge is 2.43. The van der Waals surface area contributed by atoms with Gasteiger partial charge in [0, 0.05) is 27.1 Å². The summed E-state index contributed by atoms with van der Waals surface area (Å²) in [7, 11) is 0. The molecule has 0 aliphatic heterocycles. The van der Waals surface area contributed by atoms with E-state index in [2.05, 4.69) is 4.98 Å². The third kappa shape index (κ3) is 11.8. The van der Waals surface area contributed by atoms with Crippen LogP contribution in [-0.4, -0.2) is 14.1 Å². The maximum atomic E-state index is 15.0. The van der Waals surface area contributed by atoms with Crippen LogP contribution >= 0.6 is 0 Å². The van der Waals surface area contributed by atoms with Crippen molar-refractivity contribution in [3.8, 4) is 73.1 Å². The molecule has 0 unspecified atom stereocenters. The number of halogens is 24. The molecular formula is C68H30F24N4. The molecule has 0 saturated heterocycles. The van der Waals surface area contributed by atoms with Crippen LogP contribution in [0.5, 0.6) is 0 Å². The molecule has 0 aliphatic rings. The third-order valence-corrected chi connectivity index (χ3v) is 16.1. The molecule has 0 amide bonds. The van der Waals surface area contributed by atoms with E-state index < -0.39 is 138 Å². The lowest BCUT2D eigenvalue weighted by atomic mass is 9.95. The van der Waals surface area contributed by atoms with Crippen molar-refractivity contribution in [1.82, 2.24) is 14.1 Å². The van der Waals surface area contributed by atoms with E-state index >= 15 is 52.7 Å². The number of aromatic nitrogens is 3. The molecule has 3 aromatic heterocycles. The second kappa shape index (κ2) is 22.3. The highest BCUT2D eigenvalue weighted by molar-refractivity contribution is 6.14. The molecule has 3 heterocycles. The summed E-state index contributed by atoms with van der Waals surface area (Å²) < 4.78 is 351. The predicted octanol–water partition coefficient (Wildman–Crippen LogP) is 23.6. The number of hydrogen-bond donors (Lipinski definition) is 0. The fourth-order valence-corrected chi connectivity index (χ4v) is 11.9. The van der Waals surface area contributed by atoms with Crippen LogP contribution < -0.4 is 0 Å². The first-order chi connectivity index (χ1) is 44.6. The third-order valence-electron chi connectivity index (χ3n) is 16.1. The molecule has 0 saturated carbocycles. The SMILES string of the molecule is N#Cc1cccc(-c2c(-n3c4cc(-c5ccc(C(F)(F)F)cc5C(F)(F)F)ccc4c4ccc(-c5ccc(C(F)(F)F)cc5C(F)(F)F)cc43)cncc2-n2c3cc(-c4ccc(C(F)(F)F)cc4C(F)(F)F)ccc3c3ccc(-c4ccc(C(F)(F)F)cc4C(F)(F)F)cc32)c1. The zero-order valence-corrected chi connectivity index (χ0v) is 47.2. The maximum Gasteiger partial charge on any atom is 0.417 e. The Balaban J connectivity index is 1.25. The fourth-order valence-electron chi connectivity index (χ4n) is 11.9. The molecule has 9 aromatic carbocycles. The van der Waals surface area contributed by atoms with Crippen LogP contribution in [0.4, 0.5) is 105 Å². The molecular weight excluding hydrogens is 1330 g/mol. The minimum Gasteiger partial charge on any atom is -0.307 e. The molecule has 96 heavy (non-hydrogen) atoms. The average Bonchev–Trinajstić information content (AvgIpc) is 1.56. The number of nitrogens with zero attached hydrogens (tertiary/aromatic N) is 4. The van der Waals surface area contributed by atoms with E-state index in [1.807, 2.05) is 6.07 Å². The summed E-state index contributed by atoms with van der Waals surface area (Å²) in [4.78, 5) is 4.46. The lowest BCUT2D eigenvalue weighted by Gasteiger charge is -2.21. The van der Waals surface area contributed by atoms with E-state index in [1.165, 1.54) is 48.5 Å². The summed E-state index contributed by atoms with van der Waals surface area (Å²) in [5.41, 5.74) is -21.8. The van der Waals surface area contributed by atoms with Gasteiger partial charge < -0.3 is 9.13 Å². The molecule has 0 bridgehead atoms. The predicted molar refractivity (Wildman–Crippen MR) is 305 cm³/mol. The Bertz CT molecular complexity index is 4640. The number of alkyl halides is 24. The van der Waals surface area contributed by atoms with Crippen LogP contribution in [0.1, 0.15) is 50.1 Å². The Morgan fingerprint density at radius 3 is 0.792 bits per heavy atom. The first-order valence-electron chi connectivity index (χ1n) is 27.4. The van der Waals surface area contributed by atoms with Crippen LogP contribution in [0.15, 0.2) is 182 Å². The van der Waals surface area contributed by atoms with Crippen molar-refractivity contribution in [2.24, 2.45) is 0 Å². The number of pyridine rings is 1. The average molecular weight is 1360 g/mol. The number of benzene rings is 9. The second-order valence-corrected chi connectivity index (χ2v) is 21.9. The van der Waals surface area contributed by atoms with Gasteiger partial charge in [-0.1, -0.05) is 84.9 Å². The van der Waals surface area contributed by atoms with E-state index in [1.54, 1.807) is 0 Å². The Kier molecular flexibility index (Phi) is 15.3. The summed E-state index contributed by atoms with van der Waals surface area (Å²) >= 11 is 0. The van der Waals surface area contributed by atoms with E-state index in [0.29, 0.717) is 48.5 Å². The molecule has 28 heteroatoms. The van der Waals surface area contributed by atoms with Crippen LogP contribution in [0, 0.1) is 11.3 Å². The van der Waals surface area contributed by atoms with Crippen molar-refractivity contribution >= 4 is 43.6 Å². The second-order valence-electron chi connectivity index (χ2n) is 21.9. The van der Waals surface area contributed by atoms with Crippen LogP contribution in [-0.2, 0) is 49.4 Å². The van der Waals surface area contributed by atoms with Gasteiger partial charge in [0.1, 0.15) is 0 Å². The van der Waals surface area contributed by atoms with Crippen LogP contribution in [0.25, 0.3) is 111 Å². The molecule has 0 aliphatic carbocycles. The molecule has 0 N–H and O–H groups in total. The van der Waals surface area contributed by atoms with E-state index in [-0.39, 0.29) is 95.9 Å². The number of nitriles is 1. The van der Waals surface area contributed by atoms with Crippen molar-refractivity contribution in [1.29, 1.82) is 5.26 Å². The topological polar surface area (TPSA) is 46.5 Å². The van der Waals surface area contributed by atoms with E-state index in [0.717, 1.165) is 70.1 Å². The Hall–Kier alpha value is -10.5. The highest BCUT2D eigenvalue weighted by atomic mass is 19.4. The molecule has 0 spiro atoms. The minimum atomic E-state index is -5.51. The quantitative estimate of drug-likeness (QED) is 0.149. The molecule has 0 atom stereocenters. The van der Waals surface area contributed by atoms with E-state index in [9.17, 15) is 57.9 Å². The lowest BCUT2D eigenvalue weighted by Crippen LogP contribution is -2.12. The van der Waals surface area contributed by atoms with Crippen LogP contribution in [0.3, 0.4) is 0 Å². The molecule has 0 radical (unpaired) electrons. The van der Waals surface area contributed by atoms with Crippen LogP contribution in [0.2, 0.25) is 0 Å². The first kappa shape index (κ1) is 65.6. The van der Waals surface area contributed by atoms with Crippen molar-refractivity contribution in [3.05, 3.63) is 232 Å². The lowest BCUT2D eigenvalue weighted by molar-refractivity contribution is -0.144. The summed E-state index contributed by atoms with van der Waals surface area (Å²) in [6, 6.07) is 22.8. The summed E-state index contributed by atoms with van der Waals surface area (Å²) in [5, 5.41) is 10.3. The monoisotopic (exact) mass is 1360 g/mol. The van der Waals surface area contributed by atoms with Gasteiger partial charge in [-0.25, -0.2) is 0 Å². The van der Waals surface area contributed by atoms with E-state index in [4.69, 9.17) is 0 Å². The van der Waals surface area contributed by atoms with Gasteiger partial charge in [-0.2, -0.15) is 111 Å². The molecule has 12 rings (SSSR count). The van der Waals surface area contributed by atoms with Gasteiger partial charge in [-0.3, -0.25) is 4.98 Å². The van der Waals surface area contributed by atoms with Gasteiger partial charge in [-0.05, 0) is 135 Å². The number of hydrogen-bond acceptors (Lipinski definition) is 2. The number of rotatable bonds is 7. The van der Waals surface area contributed by atoms with Gasteiger partial charge in [0.2, 0.25) is 0 Å². The van der Waals surface area contributed by atoms with Gasteiger partial charge >= 0.3 is 49.4 Å². The Labute approximate surface area is 521 Å². The Morgan fingerprint density at radius 2 is 0.552 bits per heavy atom. The maximum absolute atomic E-state index is 15.0. The number of fused-ring (bicyclic) bond motifs is 6. The smallest absolute Gasteiger partial charge is 0.307 e. The van der Waals surface area contributed by atoms with Crippen molar-refractivity contribution < 1.29 is 105 Å².